The minimum absolute atomic E-state index is 0.0755. The largest absolute Gasteiger partial charge is 0.364 e. The van der Waals surface area contributed by atoms with Crippen molar-refractivity contribution in [1.29, 1.82) is 5.26 Å². The van der Waals surface area contributed by atoms with Gasteiger partial charge in [-0.15, -0.1) is 0 Å². The quantitative estimate of drug-likeness (QED) is 0.397. The lowest BCUT2D eigenvalue weighted by Gasteiger charge is -2.48. The zero-order valence-electron chi connectivity index (χ0n) is 22.1. The molecule has 1 fully saturated rings. The smallest absolute Gasteiger partial charge is 0.252 e. The van der Waals surface area contributed by atoms with Gasteiger partial charge in [0.1, 0.15) is 17.3 Å². The highest BCUT2D eigenvalue weighted by molar-refractivity contribution is 5.89. The summed E-state index contributed by atoms with van der Waals surface area (Å²) in [5.74, 6) is 0. The maximum absolute atomic E-state index is 12.9. The van der Waals surface area contributed by atoms with Crippen molar-refractivity contribution in [2.24, 2.45) is 7.05 Å². The molecule has 2 atom stereocenters. The van der Waals surface area contributed by atoms with E-state index in [2.05, 4.69) is 97.1 Å². The van der Waals surface area contributed by atoms with Crippen LogP contribution in [0.4, 0.5) is 5.69 Å². The van der Waals surface area contributed by atoms with Crippen LogP contribution >= 0.6 is 0 Å². The zero-order valence-corrected chi connectivity index (χ0v) is 22.1. The average Bonchev–Trinajstić information content (AvgIpc) is 2.90. The van der Waals surface area contributed by atoms with E-state index in [-0.39, 0.29) is 23.7 Å². The first-order valence-electron chi connectivity index (χ1n) is 12.8. The lowest BCUT2D eigenvalue weighted by atomic mass is 9.92. The zero-order chi connectivity index (χ0) is 26.3. The number of pyridine rings is 2. The summed E-state index contributed by atoms with van der Waals surface area (Å²) in [7, 11) is 1.75. The second kappa shape index (κ2) is 9.84. The van der Waals surface area contributed by atoms with Crippen LogP contribution in [0.15, 0.2) is 71.5 Å². The summed E-state index contributed by atoms with van der Waals surface area (Å²) in [4.78, 5) is 22.4. The van der Waals surface area contributed by atoms with Crippen LogP contribution in [0, 0.1) is 25.2 Å². The number of nitrogens with zero attached hydrogens (tertiary/aromatic N) is 5. The van der Waals surface area contributed by atoms with E-state index in [9.17, 15) is 10.1 Å². The number of nitriles is 1. The van der Waals surface area contributed by atoms with Crippen LogP contribution in [-0.4, -0.2) is 39.6 Å². The number of aromatic nitrogens is 2. The molecule has 2 aromatic carbocycles. The van der Waals surface area contributed by atoms with Gasteiger partial charge in [0.05, 0.1) is 17.2 Å². The fourth-order valence-corrected chi connectivity index (χ4v) is 5.51. The summed E-state index contributed by atoms with van der Waals surface area (Å²) < 4.78 is 1.60. The van der Waals surface area contributed by atoms with Gasteiger partial charge in [0.2, 0.25) is 0 Å². The van der Waals surface area contributed by atoms with Crippen molar-refractivity contribution in [2.75, 3.05) is 18.0 Å². The maximum atomic E-state index is 12.9. The van der Waals surface area contributed by atoms with Gasteiger partial charge in [0.15, 0.2) is 0 Å². The summed E-state index contributed by atoms with van der Waals surface area (Å²) >= 11 is 0. The van der Waals surface area contributed by atoms with Crippen molar-refractivity contribution in [1.82, 2.24) is 14.5 Å². The molecule has 2 aromatic heterocycles. The number of rotatable bonds is 4. The first kappa shape index (κ1) is 24.7. The van der Waals surface area contributed by atoms with Crippen LogP contribution in [0.2, 0.25) is 0 Å². The molecule has 37 heavy (non-hydrogen) atoms. The highest BCUT2D eigenvalue weighted by Crippen LogP contribution is 2.36. The van der Waals surface area contributed by atoms with Gasteiger partial charge in [0.25, 0.3) is 5.56 Å². The monoisotopic (exact) mass is 491 g/mol. The van der Waals surface area contributed by atoms with Gasteiger partial charge in [-0.25, -0.2) is 4.98 Å². The maximum Gasteiger partial charge on any atom is 0.252 e. The molecular weight excluding hydrogens is 458 g/mol. The SMILES string of the molecule is Cc1ccc(C(c2ccc(C)cc2)N2C[C@H](C)N(c3cc(=O)n(C)c4ccc(C#N)nc34)CC2C)cc1. The molecule has 1 saturated heterocycles. The predicted octanol–water partition coefficient (Wildman–Crippen LogP) is 5.11. The molecule has 0 saturated carbocycles. The number of fused-ring (bicyclic) bond motifs is 1. The summed E-state index contributed by atoms with van der Waals surface area (Å²) in [5.41, 5.74) is 7.57. The number of hydrogen-bond donors (Lipinski definition) is 0. The lowest BCUT2D eigenvalue weighted by Crippen LogP contribution is -2.57. The van der Waals surface area contributed by atoms with E-state index in [0.717, 1.165) is 24.3 Å². The Labute approximate surface area is 218 Å². The first-order valence-corrected chi connectivity index (χ1v) is 12.8. The number of piperazine rings is 1. The van der Waals surface area contributed by atoms with Gasteiger partial charge in [-0.1, -0.05) is 59.7 Å². The molecule has 5 rings (SSSR count). The molecule has 6 heteroatoms. The van der Waals surface area contributed by atoms with E-state index >= 15 is 0 Å². The molecule has 4 aromatic rings. The minimum atomic E-state index is -0.0755. The van der Waals surface area contributed by atoms with Gasteiger partial charge < -0.3 is 9.47 Å². The van der Waals surface area contributed by atoms with Crippen molar-refractivity contribution in [2.45, 2.75) is 45.8 Å². The van der Waals surface area contributed by atoms with E-state index in [1.807, 2.05) is 6.07 Å². The van der Waals surface area contributed by atoms with Crippen molar-refractivity contribution in [3.8, 4) is 6.07 Å². The Morgan fingerprint density at radius 3 is 2.05 bits per heavy atom. The Hall–Kier alpha value is -3.95. The third kappa shape index (κ3) is 4.63. The molecule has 0 spiro atoms. The Morgan fingerprint density at radius 1 is 0.892 bits per heavy atom. The topological polar surface area (TPSA) is 65.2 Å². The van der Waals surface area contributed by atoms with Crippen molar-refractivity contribution < 1.29 is 0 Å². The second-order valence-corrected chi connectivity index (χ2v) is 10.4. The van der Waals surface area contributed by atoms with Crippen molar-refractivity contribution >= 4 is 16.7 Å². The Kier molecular flexibility index (Phi) is 6.57. The highest BCUT2D eigenvalue weighted by atomic mass is 16.1. The van der Waals surface area contributed by atoms with Crippen molar-refractivity contribution in [3.63, 3.8) is 0 Å². The normalized spacial score (nSPS) is 18.4. The summed E-state index contributed by atoms with van der Waals surface area (Å²) in [6.07, 6.45) is 0. The number of anilines is 1. The molecule has 188 valence electrons. The molecule has 0 amide bonds. The Bertz CT molecular complexity index is 1490. The van der Waals surface area contributed by atoms with Crippen molar-refractivity contribution in [3.05, 3.63) is 105 Å². The molecule has 1 aliphatic rings. The van der Waals surface area contributed by atoms with Crippen LogP contribution in [0.25, 0.3) is 11.0 Å². The Morgan fingerprint density at radius 2 is 1.49 bits per heavy atom. The van der Waals surface area contributed by atoms with E-state index in [4.69, 9.17) is 0 Å². The molecule has 1 aliphatic heterocycles. The van der Waals surface area contributed by atoms with Gasteiger partial charge >= 0.3 is 0 Å². The van der Waals surface area contributed by atoms with Crippen LogP contribution < -0.4 is 10.5 Å². The van der Waals surface area contributed by atoms with E-state index in [1.54, 1.807) is 23.7 Å². The highest BCUT2D eigenvalue weighted by Gasteiger charge is 2.36. The van der Waals surface area contributed by atoms with Crippen LogP contribution in [0.5, 0.6) is 0 Å². The van der Waals surface area contributed by atoms with Crippen LogP contribution in [0.1, 0.15) is 47.8 Å². The second-order valence-electron chi connectivity index (χ2n) is 10.4. The predicted molar refractivity (Wildman–Crippen MR) is 149 cm³/mol. The van der Waals surface area contributed by atoms with Gasteiger partial charge in [-0.3, -0.25) is 9.69 Å². The molecule has 0 N–H and O–H groups in total. The molecule has 3 heterocycles. The molecule has 1 unspecified atom stereocenters. The molecule has 0 aliphatic carbocycles. The molecular formula is C31H33N5O. The first-order chi connectivity index (χ1) is 17.8. The fourth-order valence-electron chi connectivity index (χ4n) is 5.51. The number of aryl methyl sites for hydroxylation is 3. The molecule has 6 nitrogen and oxygen atoms in total. The summed E-state index contributed by atoms with van der Waals surface area (Å²) in [6.45, 7) is 10.3. The standard InChI is InChI=1S/C31H33N5O/c1-20-6-10-24(11-7-20)31(25-12-8-21(2)9-13-25)36-19-22(3)35(18-23(36)4)28-16-29(37)34(5)27-15-14-26(17-32)33-30(27)28/h6-16,22-23,31H,18-19H2,1-5H3/t22-,23?/m0/s1. The summed E-state index contributed by atoms with van der Waals surface area (Å²) in [5, 5.41) is 9.46. The van der Waals surface area contributed by atoms with Gasteiger partial charge in [0, 0.05) is 38.3 Å². The fraction of sp³-hybridized carbons (Fsp3) is 0.323. The van der Waals surface area contributed by atoms with Gasteiger partial charge in [-0.05, 0) is 51.0 Å². The van der Waals surface area contributed by atoms with Gasteiger partial charge in [-0.2, -0.15) is 5.26 Å². The van der Waals surface area contributed by atoms with Crippen LogP contribution in [0.3, 0.4) is 0 Å². The van der Waals surface area contributed by atoms with E-state index < -0.39 is 0 Å². The average molecular weight is 492 g/mol. The third-order valence-corrected chi connectivity index (χ3v) is 7.64. The third-order valence-electron chi connectivity index (χ3n) is 7.64. The summed E-state index contributed by atoms with van der Waals surface area (Å²) in [6, 6.07) is 25.5. The number of hydrogen-bond acceptors (Lipinski definition) is 5. The lowest BCUT2D eigenvalue weighted by molar-refractivity contribution is 0.130. The Balaban J connectivity index is 1.55. The van der Waals surface area contributed by atoms with Crippen LogP contribution in [-0.2, 0) is 7.05 Å². The minimum Gasteiger partial charge on any atom is -0.364 e. The molecule has 0 radical (unpaired) electrons. The van der Waals surface area contributed by atoms with E-state index in [1.165, 1.54) is 22.3 Å². The molecule has 0 bridgehead atoms. The number of benzene rings is 2. The van der Waals surface area contributed by atoms with E-state index in [0.29, 0.717) is 11.2 Å².